The highest BCUT2D eigenvalue weighted by Crippen LogP contribution is 2.35. The van der Waals surface area contributed by atoms with Gasteiger partial charge in [-0.05, 0) is 36.4 Å². The van der Waals surface area contributed by atoms with Gasteiger partial charge in [-0.25, -0.2) is 19.2 Å². The molecule has 0 aliphatic carbocycles. The van der Waals surface area contributed by atoms with Gasteiger partial charge < -0.3 is 14.2 Å². The van der Waals surface area contributed by atoms with Crippen LogP contribution < -0.4 is 4.74 Å². The molecule has 0 aromatic heterocycles. The van der Waals surface area contributed by atoms with Crippen molar-refractivity contribution in [3.05, 3.63) is 64.2 Å². The molecule has 0 spiro atoms. The first-order valence-corrected chi connectivity index (χ1v) is 7.15. The van der Waals surface area contributed by atoms with Gasteiger partial charge in [0.2, 0.25) is 0 Å². The van der Waals surface area contributed by atoms with E-state index < -0.39 is 35.5 Å². The summed E-state index contributed by atoms with van der Waals surface area (Å²) < 4.78 is 42.2. The topological polar surface area (TPSA) is 96.0 Å². The molecule has 2 aromatic carbocycles. The number of rotatable bonds is 3. The molecule has 0 amide bonds. The van der Waals surface area contributed by atoms with Gasteiger partial charge in [0.05, 0.1) is 27.8 Å². The molecule has 0 fully saturated rings. The molecule has 2 heterocycles. The Labute approximate surface area is 143 Å². The van der Waals surface area contributed by atoms with Crippen LogP contribution in [0.15, 0.2) is 36.4 Å². The minimum Gasteiger partial charge on any atom is -0.429 e. The van der Waals surface area contributed by atoms with Crippen LogP contribution in [-0.4, -0.2) is 23.9 Å². The van der Waals surface area contributed by atoms with Crippen LogP contribution in [0.3, 0.4) is 0 Å². The van der Waals surface area contributed by atoms with Crippen LogP contribution in [0.2, 0.25) is 0 Å². The smallest absolute Gasteiger partial charge is 0.426 e. The molecule has 0 bridgehead atoms. The van der Waals surface area contributed by atoms with Crippen molar-refractivity contribution in [2.45, 2.75) is 6.11 Å². The number of hydrogen-bond donors (Lipinski definition) is 0. The zero-order valence-electron chi connectivity index (χ0n) is 12.6. The number of carbonyl (C=O) groups excluding carboxylic acids is 4. The van der Waals surface area contributed by atoms with Gasteiger partial charge in [0.15, 0.2) is 0 Å². The molecule has 2 aromatic rings. The summed E-state index contributed by atoms with van der Waals surface area (Å²) in [7, 11) is 0. The molecule has 0 radical (unpaired) electrons. The lowest BCUT2D eigenvalue weighted by atomic mass is 10.1. The molecule has 4 rings (SSSR count). The second-order valence-electron chi connectivity index (χ2n) is 5.44. The molecule has 0 unspecified atom stereocenters. The quantitative estimate of drug-likeness (QED) is 0.613. The summed E-state index contributed by atoms with van der Waals surface area (Å²) in [4.78, 5) is 45.7. The molecule has 0 saturated carbocycles. The van der Waals surface area contributed by atoms with E-state index in [1.165, 1.54) is 0 Å². The molecule has 0 saturated heterocycles. The van der Waals surface area contributed by atoms with Crippen LogP contribution in [0.5, 0.6) is 5.75 Å². The fourth-order valence-electron chi connectivity index (χ4n) is 2.60. The molecule has 0 atom stereocenters. The Bertz CT molecular complexity index is 1030. The maximum atomic E-state index is 14.4. The van der Waals surface area contributed by atoms with Crippen molar-refractivity contribution in [2.24, 2.45) is 0 Å². The highest BCUT2D eigenvalue weighted by molar-refractivity contribution is 6.15. The average molecular weight is 360 g/mol. The first kappa shape index (κ1) is 15.9. The number of fused-ring (bicyclic) bond motifs is 2. The summed E-state index contributed by atoms with van der Waals surface area (Å²) in [5, 5.41) is 0. The predicted molar refractivity (Wildman–Crippen MR) is 76.9 cm³/mol. The molecule has 9 heteroatoms. The first-order chi connectivity index (χ1) is 12.3. The lowest BCUT2D eigenvalue weighted by molar-refractivity contribution is -0.185. The molecule has 7 nitrogen and oxygen atoms in total. The Balaban J connectivity index is 1.67. The van der Waals surface area contributed by atoms with Gasteiger partial charge in [0.1, 0.15) is 5.75 Å². The molecule has 26 heavy (non-hydrogen) atoms. The van der Waals surface area contributed by atoms with Gasteiger partial charge in [0, 0.05) is 0 Å². The number of cyclic esters (lactones) is 4. The zero-order valence-corrected chi connectivity index (χ0v) is 12.6. The summed E-state index contributed by atoms with van der Waals surface area (Å²) >= 11 is 0. The van der Waals surface area contributed by atoms with Crippen molar-refractivity contribution < 1.29 is 42.2 Å². The summed E-state index contributed by atoms with van der Waals surface area (Å²) in [5.41, 5.74) is -1.34. The molecular weight excluding hydrogens is 354 g/mol. The van der Waals surface area contributed by atoms with Gasteiger partial charge in [0.25, 0.3) is 0 Å². The van der Waals surface area contributed by atoms with Crippen molar-refractivity contribution in [1.29, 1.82) is 0 Å². The summed E-state index contributed by atoms with van der Waals surface area (Å²) in [6.07, 6.45) is -3.89. The predicted octanol–water partition coefficient (Wildman–Crippen LogP) is 2.44. The van der Waals surface area contributed by atoms with Crippen LogP contribution in [-0.2, 0) is 15.6 Å². The molecular formula is C17H6F2O7. The fourth-order valence-corrected chi connectivity index (χ4v) is 2.60. The Kier molecular flexibility index (Phi) is 3.17. The van der Waals surface area contributed by atoms with E-state index in [0.717, 1.165) is 36.4 Å². The molecule has 2 aliphatic heterocycles. The van der Waals surface area contributed by atoms with Gasteiger partial charge >= 0.3 is 30.0 Å². The maximum Gasteiger partial charge on any atom is 0.426 e. The van der Waals surface area contributed by atoms with Crippen molar-refractivity contribution >= 4 is 23.9 Å². The van der Waals surface area contributed by atoms with E-state index in [0.29, 0.717) is 0 Å². The van der Waals surface area contributed by atoms with Crippen molar-refractivity contribution in [1.82, 2.24) is 0 Å². The van der Waals surface area contributed by atoms with E-state index in [4.69, 9.17) is 0 Å². The largest absolute Gasteiger partial charge is 0.429 e. The summed E-state index contributed by atoms with van der Waals surface area (Å²) in [5.74, 6) is -4.16. The van der Waals surface area contributed by atoms with Crippen LogP contribution in [0.25, 0.3) is 0 Å². The first-order valence-electron chi connectivity index (χ1n) is 7.15. The monoisotopic (exact) mass is 360 g/mol. The molecule has 0 N–H and O–H groups in total. The lowest BCUT2D eigenvalue weighted by Crippen LogP contribution is -2.22. The van der Waals surface area contributed by atoms with Gasteiger partial charge in [-0.3, -0.25) is 0 Å². The molecule has 2 aliphatic rings. The van der Waals surface area contributed by atoms with E-state index in [9.17, 15) is 28.0 Å². The number of halogens is 2. The third-order valence-corrected chi connectivity index (χ3v) is 3.84. The van der Waals surface area contributed by atoms with Gasteiger partial charge in [-0.2, -0.15) is 8.78 Å². The number of carbonyl (C=O) groups is 4. The van der Waals surface area contributed by atoms with Crippen molar-refractivity contribution in [2.75, 3.05) is 0 Å². The summed E-state index contributed by atoms with van der Waals surface area (Å²) in [6.45, 7) is 0. The van der Waals surface area contributed by atoms with Gasteiger partial charge in [-0.15, -0.1) is 0 Å². The number of ether oxygens (including phenoxy) is 3. The maximum absolute atomic E-state index is 14.4. The fraction of sp³-hybridized carbons (Fsp3) is 0.0588. The summed E-state index contributed by atoms with van der Waals surface area (Å²) in [6, 6.07) is 5.93. The minimum atomic E-state index is -3.89. The third-order valence-electron chi connectivity index (χ3n) is 3.84. The van der Waals surface area contributed by atoms with Crippen LogP contribution in [0.4, 0.5) is 8.78 Å². The molecule has 130 valence electrons. The van der Waals surface area contributed by atoms with E-state index in [2.05, 4.69) is 14.2 Å². The van der Waals surface area contributed by atoms with Crippen LogP contribution in [0, 0.1) is 0 Å². The van der Waals surface area contributed by atoms with E-state index in [-0.39, 0.29) is 28.0 Å². The lowest BCUT2D eigenvalue weighted by Gasteiger charge is -2.18. The van der Waals surface area contributed by atoms with Crippen molar-refractivity contribution in [3.8, 4) is 5.75 Å². The Morgan fingerprint density at radius 1 is 0.692 bits per heavy atom. The second-order valence-corrected chi connectivity index (χ2v) is 5.44. The van der Waals surface area contributed by atoms with E-state index >= 15 is 0 Å². The highest BCUT2D eigenvalue weighted by Gasteiger charge is 2.39. The Morgan fingerprint density at radius 3 is 1.81 bits per heavy atom. The SMILES string of the molecule is O=C1OC(=O)c2cc(OC(F)(F)c3ccc4c(c3)C(=O)OC4=O)ccc21. The minimum absolute atomic E-state index is 0.0514. The Morgan fingerprint density at radius 2 is 1.19 bits per heavy atom. The van der Waals surface area contributed by atoms with E-state index in [1.54, 1.807) is 0 Å². The zero-order chi connectivity index (χ0) is 18.6. The van der Waals surface area contributed by atoms with Crippen molar-refractivity contribution in [3.63, 3.8) is 0 Å². The number of esters is 4. The highest BCUT2D eigenvalue weighted by atomic mass is 19.3. The Hall–Kier alpha value is -3.62. The van der Waals surface area contributed by atoms with E-state index in [1.807, 2.05) is 0 Å². The van der Waals surface area contributed by atoms with Crippen LogP contribution >= 0.6 is 0 Å². The second kappa shape index (κ2) is 5.19. The third kappa shape index (κ3) is 2.32. The average Bonchev–Trinajstić information content (AvgIpc) is 3.03. The standard InChI is InChI=1S/C17H6F2O7/c18-17(19,7-1-3-9-11(5-7)15(22)24-13(9)20)26-8-2-4-10-12(6-8)16(23)25-14(10)21/h1-6H. The number of alkyl halides is 2. The number of hydrogen-bond acceptors (Lipinski definition) is 7. The normalized spacial score (nSPS) is 15.5. The van der Waals surface area contributed by atoms with Crippen LogP contribution in [0.1, 0.15) is 47.0 Å². The van der Waals surface area contributed by atoms with Gasteiger partial charge in [-0.1, -0.05) is 0 Å². The number of benzene rings is 2.